The molecule has 0 radical (unpaired) electrons. The number of hydrogen-bond acceptors (Lipinski definition) is 6. The monoisotopic (exact) mass is 454 g/mol. The van der Waals surface area contributed by atoms with Crippen LogP contribution in [0.5, 0.6) is 11.6 Å². The predicted octanol–water partition coefficient (Wildman–Crippen LogP) is 5.19. The lowest BCUT2D eigenvalue weighted by Gasteiger charge is -2.16. The number of aromatic nitrogens is 2. The molecule has 0 aliphatic heterocycles. The molecule has 1 aliphatic carbocycles. The maximum atomic E-state index is 13.5. The number of anilines is 1. The normalized spacial score (nSPS) is 15.1. The minimum absolute atomic E-state index is 0.0232. The molecule has 0 saturated heterocycles. The summed E-state index contributed by atoms with van der Waals surface area (Å²) in [5, 5.41) is 11.3. The predicted molar refractivity (Wildman–Crippen MR) is 119 cm³/mol. The van der Waals surface area contributed by atoms with E-state index in [0.29, 0.717) is 27.5 Å². The third kappa shape index (κ3) is 4.62. The highest BCUT2D eigenvalue weighted by Crippen LogP contribution is 2.42. The topological polar surface area (TPSA) is 105 Å². The van der Waals surface area contributed by atoms with Gasteiger partial charge in [0.15, 0.2) is 0 Å². The summed E-state index contributed by atoms with van der Waals surface area (Å²) in [6, 6.07) is 10.5. The van der Waals surface area contributed by atoms with Crippen molar-refractivity contribution in [2.45, 2.75) is 37.5 Å². The zero-order valence-electron chi connectivity index (χ0n) is 17.9. The van der Waals surface area contributed by atoms with Crippen molar-refractivity contribution in [1.82, 2.24) is 10.2 Å². The fraction of sp³-hybridized carbons (Fsp3) is 0.261. The first-order chi connectivity index (χ1) is 15.1. The SMILES string of the molecule is Cc1cc(F)ccc1Oc1nnc(C2CC2)c(C)c1C(=O)Nc1cccc(S(C)(=N)=O)c1. The average molecular weight is 455 g/mol. The molecule has 1 atom stereocenters. The summed E-state index contributed by atoms with van der Waals surface area (Å²) in [6.45, 7) is 3.51. The lowest BCUT2D eigenvalue weighted by Crippen LogP contribution is -2.18. The second-order valence-corrected chi connectivity index (χ2v) is 10.2. The Morgan fingerprint density at radius 3 is 2.59 bits per heavy atom. The van der Waals surface area contributed by atoms with Crippen LogP contribution < -0.4 is 10.1 Å². The molecule has 1 heterocycles. The summed E-state index contributed by atoms with van der Waals surface area (Å²) in [5.74, 6) is -0.183. The average Bonchev–Trinajstić information content (AvgIpc) is 3.55. The quantitative estimate of drug-likeness (QED) is 0.533. The van der Waals surface area contributed by atoms with Gasteiger partial charge in [0.1, 0.15) is 17.1 Å². The largest absolute Gasteiger partial charge is 0.437 e. The molecule has 32 heavy (non-hydrogen) atoms. The smallest absolute Gasteiger partial charge is 0.261 e. The third-order valence-corrected chi connectivity index (χ3v) is 6.45. The van der Waals surface area contributed by atoms with Gasteiger partial charge in [-0.25, -0.2) is 13.4 Å². The number of ether oxygens (including phenoxy) is 1. The summed E-state index contributed by atoms with van der Waals surface area (Å²) in [5.41, 5.74) is 2.63. The van der Waals surface area contributed by atoms with E-state index < -0.39 is 15.6 Å². The molecular weight excluding hydrogens is 431 g/mol. The van der Waals surface area contributed by atoms with Gasteiger partial charge in [-0.3, -0.25) is 4.79 Å². The van der Waals surface area contributed by atoms with E-state index in [9.17, 15) is 13.4 Å². The molecule has 1 unspecified atom stereocenters. The van der Waals surface area contributed by atoms with E-state index in [0.717, 1.165) is 18.5 Å². The zero-order valence-corrected chi connectivity index (χ0v) is 18.8. The maximum absolute atomic E-state index is 13.5. The summed E-state index contributed by atoms with van der Waals surface area (Å²) >= 11 is 0. The first-order valence-electron chi connectivity index (χ1n) is 10.1. The van der Waals surface area contributed by atoms with Crippen LogP contribution in [0.4, 0.5) is 10.1 Å². The van der Waals surface area contributed by atoms with Crippen LogP contribution >= 0.6 is 0 Å². The van der Waals surface area contributed by atoms with Gasteiger partial charge in [-0.1, -0.05) is 6.07 Å². The van der Waals surface area contributed by atoms with Crippen LogP contribution in [-0.4, -0.2) is 26.6 Å². The fourth-order valence-corrected chi connectivity index (χ4v) is 4.13. The summed E-state index contributed by atoms with van der Waals surface area (Å²) in [6.07, 6.45) is 3.30. The van der Waals surface area contributed by atoms with E-state index in [1.807, 2.05) is 0 Å². The summed E-state index contributed by atoms with van der Waals surface area (Å²) in [4.78, 5) is 13.6. The van der Waals surface area contributed by atoms with Gasteiger partial charge < -0.3 is 10.1 Å². The van der Waals surface area contributed by atoms with E-state index in [2.05, 4.69) is 15.5 Å². The number of benzene rings is 2. The van der Waals surface area contributed by atoms with Gasteiger partial charge in [-0.15, -0.1) is 5.10 Å². The Morgan fingerprint density at radius 1 is 1.19 bits per heavy atom. The second-order valence-electron chi connectivity index (χ2n) is 8.00. The summed E-state index contributed by atoms with van der Waals surface area (Å²) in [7, 11) is -2.93. The Morgan fingerprint density at radius 2 is 1.94 bits per heavy atom. The molecule has 1 saturated carbocycles. The van der Waals surface area contributed by atoms with E-state index in [4.69, 9.17) is 9.52 Å². The fourth-order valence-electron chi connectivity index (χ4n) is 3.44. The van der Waals surface area contributed by atoms with Crippen LogP contribution in [-0.2, 0) is 9.73 Å². The number of carbonyl (C=O) groups is 1. The number of aryl methyl sites for hydroxylation is 1. The Hall–Kier alpha value is -3.33. The number of carbonyl (C=O) groups excluding carboxylic acids is 1. The number of hydrogen-bond donors (Lipinski definition) is 2. The Balaban J connectivity index is 1.72. The van der Waals surface area contributed by atoms with E-state index in [1.54, 1.807) is 32.0 Å². The Labute approximate surface area is 186 Å². The van der Waals surface area contributed by atoms with Crippen molar-refractivity contribution in [2.75, 3.05) is 11.6 Å². The van der Waals surface area contributed by atoms with Gasteiger partial charge >= 0.3 is 0 Å². The van der Waals surface area contributed by atoms with Gasteiger partial charge in [0.05, 0.1) is 15.4 Å². The number of amides is 1. The lowest BCUT2D eigenvalue weighted by atomic mass is 10.1. The second kappa shape index (κ2) is 8.31. The van der Waals surface area contributed by atoms with Crippen molar-refractivity contribution in [3.63, 3.8) is 0 Å². The van der Waals surface area contributed by atoms with Crippen molar-refractivity contribution in [3.8, 4) is 11.6 Å². The van der Waals surface area contributed by atoms with Crippen LogP contribution in [0, 0.1) is 24.4 Å². The molecule has 0 spiro atoms. The van der Waals surface area contributed by atoms with Crippen LogP contribution in [0.2, 0.25) is 0 Å². The number of halogens is 1. The molecule has 7 nitrogen and oxygen atoms in total. The highest BCUT2D eigenvalue weighted by atomic mass is 32.2. The molecule has 2 aromatic carbocycles. The Bertz CT molecular complexity index is 1320. The molecule has 1 amide bonds. The standard InChI is InChI=1S/C23H23FN4O3S/c1-13-11-16(24)9-10-19(13)31-23-20(14(2)21(27-28-23)15-7-8-15)22(29)26-17-5-4-6-18(12-17)32(3,25)30/h4-6,9-12,15,25H,7-8H2,1-3H3,(H,26,29). The third-order valence-electron chi connectivity index (χ3n) is 5.30. The molecule has 1 fully saturated rings. The van der Waals surface area contributed by atoms with E-state index >= 15 is 0 Å². The van der Waals surface area contributed by atoms with Gasteiger partial charge in [-0.05, 0) is 74.2 Å². The van der Waals surface area contributed by atoms with Crippen molar-refractivity contribution >= 4 is 21.3 Å². The van der Waals surface area contributed by atoms with E-state index in [-0.39, 0.29) is 23.2 Å². The number of nitrogens with one attached hydrogen (secondary N) is 2. The molecule has 4 rings (SSSR count). The Kier molecular flexibility index (Phi) is 5.68. The zero-order chi connectivity index (χ0) is 23.0. The maximum Gasteiger partial charge on any atom is 0.261 e. The van der Waals surface area contributed by atoms with Crippen molar-refractivity contribution in [3.05, 3.63) is 70.7 Å². The number of nitrogens with zero attached hydrogens (tertiary/aromatic N) is 2. The van der Waals surface area contributed by atoms with Gasteiger partial charge in [0, 0.05) is 22.8 Å². The first kappa shape index (κ1) is 21.9. The van der Waals surface area contributed by atoms with Gasteiger partial charge in [-0.2, -0.15) is 5.10 Å². The van der Waals surface area contributed by atoms with Crippen LogP contribution in [0.1, 0.15) is 45.9 Å². The first-order valence-corrected chi connectivity index (χ1v) is 12.1. The molecule has 1 aliphatic rings. The minimum atomic E-state index is -2.93. The molecule has 2 N–H and O–H groups in total. The number of rotatable bonds is 6. The highest BCUT2D eigenvalue weighted by molar-refractivity contribution is 7.91. The van der Waals surface area contributed by atoms with Gasteiger partial charge in [0.25, 0.3) is 11.8 Å². The molecule has 0 bridgehead atoms. The van der Waals surface area contributed by atoms with Crippen molar-refractivity contribution < 1.29 is 18.1 Å². The van der Waals surface area contributed by atoms with Crippen LogP contribution in [0.25, 0.3) is 0 Å². The summed E-state index contributed by atoms with van der Waals surface area (Å²) < 4.78 is 39.2. The minimum Gasteiger partial charge on any atom is -0.437 e. The van der Waals surface area contributed by atoms with Crippen LogP contribution in [0.15, 0.2) is 47.4 Å². The molecule has 166 valence electrons. The lowest BCUT2D eigenvalue weighted by molar-refractivity contribution is 0.102. The molecular formula is C23H23FN4O3S. The molecule has 1 aromatic heterocycles. The van der Waals surface area contributed by atoms with E-state index in [1.165, 1.54) is 30.5 Å². The highest BCUT2D eigenvalue weighted by Gasteiger charge is 2.31. The molecule has 3 aromatic rings. The van der Waals surface area contributed by atoms with Crippen molar-refractivity contribution in [1.29, 1.82) is 4.78 Å². The molecule has 9 heteroatoms. The van der Waals surface area contributed by atoms with Gasteiger partial charge in [0.2, 0.25) is 0 Å². The van der Waals surface area contributed by atoms with Crippen LogP contribution in [0.3, 0.4) is 0 Å². The van der Waals surface area contributed by atoms with Crippen molar-refractivity contribution in [2.24, 2.45) is 0 Å².